The number of hydrogen-bond acceptors (Lipinski definition) is 6. The van der Waals surface area contributed by atoms with Crippen LogP contribution in [0.2, 0.25) is 0 Å². The van der Waals surface area contributed by atoms with Crippen LogP contribution in [0.5, 0.6) is 0 Å². The lowest BCUT2D eigenvalue weighted by molar-refractivity contribution is -0.122. The first-order valence-electron chi connectivity index (χ1n) is 10.9. The molecule has 176 valence electrons. The Balaban J connectivity index is 1.26. The molecule has 1 aliphatic rings. The Morgan fingerprint density at radius 2 is 1.71 bits per heavy atom. The Kier molecular flexibility index (Phi) is 6.93. The number of nitrogens with one attached hydrogen (secondary N) is 2. The van der Waals surface area contributed by atoms with Gasteiger partial charge in [0, 0.05) is 23.8 Å². The number of benzene rings is 2. The summed E-state index contributed by atoms with van der Waals surface area (Å²) in [5, 5.41) is 15.0. The molecule has 1 aromatic heterocycles. The van der Waals surface area contributed by atoms with Crippen molar-refractivity contribution in [3.05, 3.63) is 75.2 Å². The van der Waals surface area contributed by atoms with E-state index in [0.29, 0.717) is 16.3 Å². The maximum absolute atomic E-state index is 12.4. The number of ether oxygens (including phenoxy) is 1. The van der Waals surface area contributed by atoms with E-state index in [1.165, 1.54) is 11.3 Å². The van der Waals surface area contributed by atoms with Gasteiger partial charge in [-0.3, -0.25) is 4.79 Å². The number of aromatic carboxylic acids is 1. The smallest absolute Gasteiger partial charge is 0.407 e. The Morgan fingerprint density at radius 3 is 2.29 bits per heavy atom. The summed E-state index contributed by atoms with van der Waals surface area (Å²) in [7, 11) is 0. The molecule has 1 heterocycles. The van der Waals surface area contributed by atoms with Crippen LogP contribution in [0.3, 0.4) is 0 Å². The molecular formula is C25H25N3O5S. The molecule has 34 heavy (non-hydrogen) atoms. The van der Waals surface area contributed by atoms with Crippen molar-refractivity contribution in [2.45, 2.75) is 32.2 Å². The number of alkyl carbamates (subject to hydrolysis) is 1. The first-order valence-corrected chi connectivity index (χ1v) is 11.8. The molecule has 0 aliphatic heterocycles. The van der Waals surface area contributed by atoms with Gasteiger partial charge < -0.3 is 20.5 Å². The summed E-state index contributed by atoms with van der Waals surface area (Å²) in [5.74, 6) is -1.48. The zero-order valence-corrected chi connectivity index (χ0v) is 19.6. The molecule has 0 bridgehead atoms. The number of nitrogens with zero attached hydrogens (tertiary/aromatic N) is 1. The molecule has 1 atom stereocenters. The van der Waals surface area contributed by atoms with Crippen LogP contribution in [0.4, 0.5) is 4.79 Å². The fourth-order valence-corrected chi connectivity index (χ4v) is 5.01. The molecule has 0 fully saturated rings. The number of carbonyl (C=O) groups is 3. The third-order valence-electron chi connectivity index (χ3n) is 5.75. The minimum Gasteiger partial charge on any atom is -0.476 e. The second-order valence-electron chi connectivity index (χ2n) is 8.05. The fraction of sp³-hybridized carbons (Fsp3) is 0.280. The lowest BCUT2D eigenvalue weighted by Crippen LogP contribution is -2.45. The number of carboxylic acids is 1. The second kappa shape index (κ2) is 10.0. The van der Waals surface area contributed by atoms with Crippen LogP contribution in [-0.4, -0.2) is 47.3 Å². The quantitative estimate of drug-likeness (QED) is 0.453. The van der Waals surface area contributed by atoms with Crippen LogP contribution in [0.15, 0.2) is 48.5 Å². The molecule has 0 saturated heterocycles. The molecule has 1 unspecified atom stereocenters. The Labute approximate surface area is 201 Å². The van der Waals surface area contributed by atoms with E-state index in [1.807, 2.05) is 36.4 Å². The molecule has 0 radical (unpaired) electrons. The molecule has 4 rings (SSSR count). The van der Waals surface area contributed by atoms with Crippen molar-refractivity contribution in [1.29, 1.82) is 0 Å². The number of hydrogen-bond donors (Lipinski definition) is 3. The molecular weight excluding hydrogens is 454 g/mol. The van der Waals surface area contributed by atoms with Crippen LogP contribution in [0, 0.1) is 6.92 Å². The van der Waals surface area contributed by atoms with Crippen LogP contribution < -0.4 is 10.6 Å². The van der Waals surface area contributed by atoms with Gasteiger partial charge >= 0.3 is 12.1 Å². The van der Waals surface area contributed by atoms with Crippen molar-refractivity contribution in [3.63, 3.8) is 0 Å². The number of amides is 2. The van der Waals surface area contributed by atoms with Crippen LogP contribution in [0.1, 0.15) is 44.3 Å². The summed E-state index contributed by atoms with van der Waals surface area (Å²) in [6.07, 6.45) is -0.256. The summed E-state index contributed by atoms with van der Waals surface area (Å²) in [5.41, 5.74) is 4.56. The van der Waals surface area contributed by atoms with Gasteiger partial charge in [-0.15, -0.1) is 11.3 Å². The van der Waals surface area contributed by atoms with Crippen molar-refractivity contribution in [1.82, 2.24) is 15.6 Å². The number of rotatable bonds is 8. The van der Waals surface area contributed by atoms with Gasteiger partial charge in [-0.2, -0.15) is 0 Å². The van der Waals surface area contributed by atoms with Gasteiger partial charge in [0.2, 0.25) is 5.91 Å². The largest absolute Gasteiger partial charge is 0.476 e. The highest BCUT2D eigenvalue weighted by Crippen LogP contribution is 2.44. The van der Waals surface area contributed by atoms with Crippen molar-refractivity contribution in [2.24, 2.45) is 0 Å². The minimum atomic E-state index is -1.06. The number of carbonyl (C=O) groups excluding carboxylic acids is 2. The van der Waals surface area contributed by atoms with Gasteiger partial charge in [0.25, 0.3) is 0 Å². The topological polar surface area (TPSA) is 118 Å². The van der Waals surface area contributed by atoms with E-state index in [2.05, 4.69) is 27.8 Å². The Bertz CT molecular complexity index is 1190. The van der Waals surface area contributed by atoms with Crippen LogP contribution >= 0.6 is 11.3 Å². The molecule has 3 N–H and O–H groups in total. The molecule has 3 aromatic rings. The maximum Gasteiger partial charge on any atom is 0.407 e. The average Bonchev–Trinajstić information content (AvgIpc) is 3.35. The van der Waals surface area contributed by atoms with Crippen LogP contribution in [-0.2, 0) is 16.0 Å². The predicted octanol–water partition coefficient (Wildman–Crippen LogP) is 3.74. The fourth-order valence-electron chi connectivity index (χ4n) is 4.08. The number of aryl methyl sites for hydroxylation is 1. The van der Waals surface area contributed by atoms with Gasteiger partial charge in [0.1, 0.15) is 12.6 Å². The van der Waals surface area contributed by atoms with Crippen LogP contribution in [0.25, 0.3) is 11.1 Å². The minimum absolute atomic E-state index is 0.0385. The highest BCUT2D eigenvalue weighted by Gasteiger charge is 2.29. The summed E-state index contributed by atoms with van der Waals surface area (Å²) >= 11 is 1.29. The van der Waals surface area contributed by atoms with Gasteiger partial charge in [-0.1, -0.05) is 48.5 Å². The van der Waals surface area contributed by atoms with Gasteiger partial charge in [-0.25, -0.2) is 14.6 Å². The van der Waals surface area contributed by atoms with E-state index >= 15 is 0 Å². The molecule has 2 amide bonds. The number of thiazole rings is 1. The van der Waals surface area contributed by atoms with Crippen molar-refractivity contribution < 1.29 is 24.2 Å². The number of aromatic nitrogens is 1. The average molecular weight is 480 g/mol. The maximum atomic E-state index is 12.4. The van der Waals surface area contributed by atoms with E-state index in [4.69, 9.17) is 9.84 Å². The molecule has 8 nitrogen and oxygen atoms in total. The Morgan fingerprint density at radius 1 is 1.09 bits per heavy atom. The lowest BCUT2D eigenvalue weighted by atomic mass is 9.98. The molecule has 0 saturated carbocycles. The highest BCUT2D eigenvalue weighted by atomic mass is 32.1. The van der Waals surface area contributed by atoms with Gasteiger partial charge in [-0.05, 0) is 36.1 Å². The molecule has 0 spiro atoms. The predicted molar refractivity (Wildman–Crippen MR) is 128 cm³/mol. The SMILES string of the molecule is Cc1sc(CCNC(=O)C(C)NC(=O)OCC2c3ccccc3-c3ccccc32)nc1C(=O)O. The third-order valence-corrected chi connectivity index (χ3v) is 6.78. The first kappa shape index (κ1) is 23.4. The third kappa shape index (κ3) is 4.94. The molecule has 9 heteroatoms. The standard InChI is InChI=1S/C25H25N3O5S/c1-14(23(29)26-12-11-21-28-22(24(30)31)15(2)34-21)27-25(32)33-13-20-18-9-5-3-7-16(18)17-8-4-6-10-19(17)20/h3-10,14,20H,11-13H2,1-2H3,(H,26,29)(H,27,32)(H,30,31). The highest BCUT2D eigenvalue weighted by molar-refractivity contribution is 7.11. The summed E-state index contributed by atoms with van der Waals surface area (Å²) in [6, 6.07) is 15.4. The Hall–Kier alpha value is -3.72. The van der Waals surface area contributed by atoms with E-state index in [0.717, 1.165) is 22.3 Å². The summed E-state index contributed by atoms with van der Waals surface area (Å²) < 4.78 is 5.48. The normalized spacial score (nSPS) is 13.0. The molecule has 2 aromatic carbocycles. The first-order chi connectivity index (χ1) is 16.3. The van der Waals surface area contributed by atoms with E-state index in [1.54, 1.807) is 13.8 Å². The monoisotopic (exact) mass is 479 g/mol. The zero-order chi connectivity index (χ0) is 24.2. The van der Waals surface area contributed by atoms with E-state index in [9.17, 15) is 14.4 Å². The summed E-state index contributed by atoms with van der Waals surface area (Å²) in [6.45, 7) is 3.72. The number of fused-ring (bicyclic) bond motifs is 3. The van der Waals surface area contributed by atoms with Crippen molar-refractivity contribution >= 4 is 29.3 Å². The van der Waals surface area contributed by atoms with Crippen molar-refractivity contribution in [2.75, 3.05) is 13.2 Å². The number of carboxylic acid groups (broad SMARTS) is 1. The second-order valence-corrected chi connectivity index (χ2v) is 9.34. The van der Waals surface area contributed by atoms with Gasteiger partial charge in [0.15, 0.2) is 5.69 Å². The molecule has 1 aliphatic carbocycles. The zero-order valence-electron chi connectivity index (χ0n) is 18.8. The lowest BCUT2D eigenvalue weighted by Gasteiger charge is -2.17. The van der Waals surface area contributed by atoms with E-state index in [-0.39, 0.29) is 30.7 Å². The van der Waals surface area contributed by atoms with Gasteiger partial charge in [0.05, 0.1) is 5.01 Å². The van der Waals surface area contributed by atoms with Crippen molar-refractivity contribution in [3.8, 4) is 11.1 Å². The van der Waals surface area contributed by atoms with E-state index < -0.39 is 18.1 Å². The summed E-state index contributed by atoms with van der Waals surface area (Å²) in [4.78, 5) is 40.5.